The number of hydrogen-bond donors (Lipinski definition) is 0. The first-order chi connectivity index (χ1) is 6.84. The predicted octanol–water partition coefficient (Wildman–Crippen LogP) is 3.78. The van der Waals surface area contributed by atoms with E-state index in [4.69, 9.17) is 0 Å². The maximum atomic E-state index is 2.77. The molecule has 0 aromatic heterocycles. The van der Waals surface area contributed by atoms with Crippen LogP contribution in [0.3, 0.4) is 0 Å². The van der Waals surface area contributed by atoms with E-state index in [1.54, 1.807) is 0 Å². The van der Waals surface area contributed by atoms with Crippen LogP contribution in [0.5, 0.6) is 0 Å². The van der Waals surface area contributed by atoms with Gasteiger partial charge in [0.15, 0.2) is 0 Å². The second-order valence-electron chi connectivity index (χ2n) is 3.53. The van der Waals surface area contributed by atoms with Crippen LogP contribution in [0.2, 0.25) is 0 Å². The van der Waals surface area contributed by atoms with Crippen molar-refractivity contribution in [2.45, 2.75) is 32.6 Å². The first-order valence-electron chi connectivity index (χ1n) is 5.35. The molecule has 1 aromatic carbocycles. The molecule has 0 nitrogen and oxygen atoms in total. The third kappa shape index (κ3) is 4.07. The number of allylic oxidation sites excluding steroid dienone is 1. The largest absolute Gasteiger partial charge is 0.105 e. The molecule has 0 saturated carbocycles. The monoisotopic (exact) mass is 206 g/mol. The van der Waals surface area contributed by atoms with Gasteiger partial charge >= 0.3 is 0 Å². The van der Waals surface area contributed by atoms with Crippen molar-refractivity contribution in [3.8, 4) is 0 Å². The summed E-state index contributed by atoms with van der Waals surface area (Å²) in [5, 5.41) is 1.28. The molecule has 0 heterocycles. The fourth-order valence-corrected chi connectivity index (χ4v) is 1.69. The van der Waals surface area contributed by atoms with E-state index in [0.717, 1.165) is 0 Å². The molecule has 0 spiro atoms. The van der Waals surface area contributed by atoms with Crippen molar-refractivity contribution < 1.29 is 0 Å². The van der Waals surface area contributed by atoms with Gasteiger partial charge in [0, 0.05) is 0 Å². The minimum absolute atomic E-state index is 1.20. The molecule has 1 rings (SSSR count). The molecule has 0 radical (unpaired) electrons. The van der Waals surface area contributed by atoms with Gasteiger partial charge in [0.05, 0.1) is 0 Å². The second-order valence-corrected chi connectivity index (χ2v) is 4.15. The van der Waals surface area contributed by atoms with Gasteiger partial charge in [-0.15, -0.1) is 9.24 Å². The number of unbranched alkanes of at least 4 members (excludes halogenated alkanes) is 3. The summed E-state index contributed by atoms with van der Waals surface area (Å²) < 4.78 is 0. The predicted molar refractivity (Wildman–Crippen MR) is 69.0 cm³/mol. The smallest absolute Gasteiger partial charge is 0.0188 e. The molecule has 0 bridgehead atoms. The van der Waals surface area contributed by atoms with E-state index in [1.807, 2.05) is 0 Å². The zero-order chi connectivity index (χ0) is 10.2. The third-order valence-electron chi connectivity index (χ3n) is 2.27. The van der Waals surface area contributed by atoms with Gasteiger partial charge in [-0.25, -0.2) is 0 Å². The number of hydrogen-bond acceptors (Lipinski definition) is 0. The quantitative estimate of drug-likeness (QED) is 0.508. The van der Waals surface area contributed by atoms with Crippen LogP contribution in [0.15, 0.2) is 30.3 Å². The molecular formula is C13H19P. The van der Waals surface area contributed by atoms with Crippen LogP contribution in [-0.4, -0.2) is 0 Å². The second kappa shape index (κ2) is 6.79. The number of rotatable bonds is 5. The van der Waals surface area contributed by atoms with Crippen LogP contribution in [0.25, 0.3) is 6.08 Å². The van der Waals surface area contributed by atoms with E-state index >= 15 is 0 Å². The zero-order valence-electron chi connectivity index (χ0n) is 8.87. The summed E-state index contributed by atoms with van der Waals surface area (Å²) in [4.78, 5) is 0. The Hall–Kier alpha value is -0.610. The van der Waals surface area contributed by atoms with Crippen LogP contribution in [0.4, 0.5) is 0 Å². The van der Waals surface area contributed by atoms with Crippen molar-refractivity contribution in [3.05, 3.63) is 35.9 Å². The van der Waals surface area contributed by atoms with Crippen LogP contribution < -0.4 is 5.30 Å². The Morgan fingerprint density at radius 1 is 1.21 bits per heavy atom. The van der Waals surface area contributed by atoms with Gasteiger partial charge in [0.25, 0.3) is 0 Å². The highest BCUT2D eigenvalue weighted by atomic mass is 31.0. The molecule has 0 amide bonds. The van der Waals surface area contributed by atoms with Crippen molar-refractivity contribution >= 4 is 20.6 Å². The van der Waals surface area contributed by atoms with E-state index < -0.39 is 0 Å². The topological polar surface area (TPSA) is 0 Å². The highest BCUT2D eigenvalue weighted by Crippen LogP contribution is 2.06. The summed E-state index contributed by atoms with van der Waals surface area (Å²) in [6, 6.07) is 8.42. The maximum Gasteiger partial charge on any atom is -0.0188 e. The van der Waals surface area contributed by atoms with E-state index in [-0.39, 0.29) is 0 Å². The van der Waals surface area contributed by atoms with Crippen molar-refractivity contribution in [1.82, 2.24) is 0 Å². The maximum absolute atomic E-state index is 2.77. The van der Waals surface area contributed by atoms with Gasteiger partial charge in [-0.1, -0.05) is 56.2 Å². The summed E-state index contributed by atoms with van der Waals surface area (Å²) in [6.07, 6.45) is 9.65. The van der Waals surface area contributed by atoms with Gasteiger partial charge in [0.2, 0.25) is 0 Å². The van der Waals surface area contributed by atoms with Gasteiger partial charge in [-0.2, -0.15) is 0 Å². The molecule has 1 atom stereocenters. The van der Waals surface area contributed by atoms with Crippen molar-refractivity contribution in [1.29, 1.82) is 0 Å². The summed E-state index contributed by atoms with van der Waals surface area (Å²) in [5.41, 5.74) is 1.31. The molecule has 1 heteroatoms. The molecule has 0 saturated heterocycles. The normalized spacial score (nSPS) is 11.0. The number of benzene rings is 1. The Morgan fingerprint density at radius 2 is 2.00 bits per heavy atom. The molecule has 1 aromatic rings. The fourth-order valence-electron chi connectivity index (χ4n) is 1.39. The summed E-state index contributed by atoms with van der Waals surface area (Å²) in [6.45, 7) is 2.24. The Labute approximate surface area is 89.6 Å². The van der Waals surface area contributed by atoms with E-state index in [9.17, 15) is 0 Å². The first-order valence-corrected chi connectivity index (χ1v) is 5.93. The highest BCUT2D eigenvalue weighted by molar-refractivity contribution is 7.27. The standard InChI is InChI=1S/C13H19P/c1-2-3-4-5-6-9-12-10-7-8-11-13(12)14/h6-11H,2-5,14H2,1H3. The van der Waals surface area contributed by atoms with Crippen molar-refractivity contribution in [2.75, 3.05) is 0 Å². The Balaban J connectivity index is 2.40. The molecule has 0 N–H and O–H groups in total. The minimum atomic E-state index is 1.20. The Morgan fingerprint density at radius 3 is 2.71 bits per heavy atom. The van der Waals surface area contributed by atoms with Crippen LogP contribution in [-0.2, 0) is 0 Å². The van der Waals surface area contributed by atoms with Crippen molar-refractivity contribution in [2.24, 2.45) is 0 Å². The van der Waals surface area contributed by atoms with Crippen molar-refractivity contribution in [3.63, 3.8) is 0 Å². The summed E-state index contributed by atoms with van der Waals surface area (Å²) in [7, 11) is 2.77. The molecule has 0 aliphatic carbocycles. The van der Waals surface area contributed by atoms with Gasteiger partial charge in [-0.05, 0) is 23.7 Å². The molecular weight excluding hydrogens is 187 g/mol. The average molecular weight is 206 g/mol. The lowest BCUT2D eigenvalue weighted by Crippen LogP contribution is -1.93. The van der Waals surface area contributed by atoms with Crippen LogP contribution in [0.1, 0.15) is 38.2 Å². The molecule has 76 valence electrons. The first kappa shape index (κ1) is 11.5. The lowest BCUT2D eigenvalue weighted by atomic mass is 10.1. The Kier molecular flexibility index (Phi) is 5.56. The van der Waals surface area contributed by atoms with Gasteiger partial charge < -0.3 is 0 Å². The van der Waals surface area contributed by atoms with Gasteiger partial charge in [0.1, 0.15) is 0 Å². The minimum Gasteiger partial charge on any atom is -0.105 e. The average Bonchev–Trinajstić information content (AvgIpc) is 2.20. The fraction of sp³-hybridized carbons (Fsp3) is 0.385. The van der Waals surface area contributed by atoms with Crippen LogP contribution in [0, 0.1) is 0 Å². The molecule has 0 aliphatic heterocycles. The summed E-state index contributed by atoms with van der Waals surface area (Å²) in [5.74, 6) is 0. The van der Waals surface area contributed by atoms with E-state index in [2.05, 4.69) is 52.6 Å². The molecule has 1 unspecified atom stereocenters. The zero-order valence-corrected chi connectivity index (χ0v) is 10.0. The molecule has 14 heavy (non-hydrogen) atoms. The summed E-state index contributed by atoms with van der Waals surface area (Å²) >= 11 is 0. The van der Waals surface area contributed by atoms with E-state index in [0.29, 0.717) is 0 Å². The molecule has 0 aliphatic rings. The lowest BCUT2D eigenvalue weighted by molar-refractivity contribution is 0.730. The SMILES string of the molecule is CCCCCC=Cc1ccccc1P. The highest BCUT2D eigenvalue weighted by Gasteiger charge is 1.90. The Bertz CT molecular complexity index is 289. The van der Waals surface area contributed by atoms with E-state index in [1.165, 1.54) is 36.6 Å². The van der Waals surface area contributed by atoms with Gasteiger partial charge in [-0.3, -0.25) is 0 Å². The van der Waals surface area contributed by atoms with Crippen LogP contribution >= 0.6 is 9.24 Å². The lowest BCUT2D eigenvalue weighted by Gasteiger charge is -1.98. The third-order valence-corrected chi connectivity index (χ3v) is 2.79. The molecule has 0 fully saturated rings.